The normalized spacial score (nSPS) is 19.4. The van der Waals surface area contributed by atoms with Gasteiger partial charge in [0.1, 0.15) is 16.7 Å². The van der Waals surface area contributed by atoms with Gasteiger partial charge in [-0.25, -0.2) is 8.42 Å². The van der Waals surface area contributed by atoms with Crippen LogP contribution in [0.2, 0.25) is 0 Å². The van der Waals surface area contributed by atoms with E-state index in [4.69, 9.17) is 20.2 Å². The van der Waals surface area contributed by atoms with Crippen LogP contribution in [0.3, 0.4) is 0 Å². The van der Waals surface area contributed by atoms with E-state index in [2.05, 4.69) is 4.98 Å². The van der Waals surface area contributed by atoms with Crippen LogP contribution < -0.4 is 4.74 Å². The second-order valence-electron chi connectivity index (χ2n) is 4.50. The molecule has 0 radical (unpaired) electrons. The Morgan fingerprint density at radius 2 is 2.20 bits per heavy atom. The van der Waals surface area contributed by atoms with Gasteiger partial charge in [-0.05, 0) is 24.3 Å². The molecule has 1 aromatic heterocycles. The molecule has 7 heteroatoms. The lowest BCUT2D eigenvalue weighted by Gasteiger charge is -2.14. The van der Waals surface area contributed by atoms with Crippen molar-refractivity contribution in [2.24, 2.45) is 0 Å². The summed E-state index contributed by atoms with van der Waals surface area (Å²) in [7, 11) is 1.59. The average molecular weight is 314 g/mol. The van der Waals surface area contributed by atoms with Gasteiger partial charge in [-0.2, -0.15) is 0 Å². The lowest BCUT2D eigenvalue weighted by Crippen LogP contribution is -2.16. The molecule has 1 fully saturated rings. The molecule has 20 heavy (non-hydrogen) atoms. The van der Waals surface area contributed by atoms with Crippen LogP contribution in [0.25, 0.3) is 10.9 Å². The highest BCUT2D eigenvalue weighted by Crippen LogP contribution is 2.32. The molecule has 106 valence electrons. The molecule has 0 N–H and O–H groups in total. The summed E-state index contributed by atoms with van der Waals surface area (Å²) >= 11 is 0. The molecule has 1 saturated heterocycles. The minimum absolute atomic E-state index is 0.00945. The Morgan fingerprint density at radius 1 is 1.35 bits per heavy atom. The summed E-state index contributed by atoms with van der Waals surface area (Å²) in [5.74, 6) is 0.590. The molecule has 1 aliphatic rings. The smallest absolute Gasteiger partial charge is 0.263 e. The first kappa shape index (κ1) is 13.6. The highest BCUT2D eigenvalue weighted by atomic mass is 35.7. The molecule has 0 saturated carbocycles. The van der Waals surface area contributed by atoms with E-state index in [1.54, 1.807) is 18.2 Å². The molecule has 2 heterocycles. The first-order valence-corrected chi connectivity index (χ1v) is 8.43. The fourth-order valence-corrected chi connectivity index (χ4v) is 3.20. The maximum atomic E-state index is 11.6. The number of nitrogens with zero attached hydrogens (tertiary/aromatic N) is 1. The van der Waals surface area contributed by atoms with E-state index in [1.165, 1.54) is 12.3 Å². The first-order chi connectivity index (χ1) is 9.55. The number of rotatable bonds is 3. The Balaban J connectivity index is 2.11. The number of aromatic nitrogens is 1. The molecular formula is C13H12ClNO4S. The zero-order valence-corrected chi connectivity index (χ0v) is 12.0. The molecule has 0 amide bonds. The Hall–Kier alpha value is -1.37. The highest BCUT2D eigenvalue weighted by molar-refractivity contribution is 8.14. The Morgan fingerprint density at radius 3 is 2.90 bits per heavy atom. The third-order valence-corrected chi connectivity index (χ3v) is 4.49. The zero-order valence-electron chi connectivity index (χ0n) is 10.5. The maximum Gasteiger partial charge on any atom is 0.263 e. The van der Waals surface area contributed by atoms with Gasteiger partial charge in [0.05, 0.1) is 18.7 Å². The highest BCUT2D eigenvalue weighted by Gasteiger charge is 2.21. The Labute approximate surface area is 120 Å². The summed E-state index contributed by atoms with van der Waals surface area (Å²) in [6.45, 7) is 1.21. The predicted octanol–water partition coefficient (Wildman–Crippen LogP) is 2.33. The summed E-state index contributed by atoms with van der Waals surface area (Å²) in [6, 6.07) is 6.52. The molecular weight excluding hydrogens is 302 g/mol. The zero-order chi connectivity index (χ0) is 14.2. The van der Waals surface area contributed by atoms with Gasteiger partial charge in [0, 0.05) is 28.7 Å². The summed E-state index contributed by atoms with van der Waals surface area (Å²) in [6.07, 6.45) is 2.32. The number of hydrogen-bond acceptors (Lipinski definition) is 5. The van der Waals surface area contributed by atoms with E-state index in [1.807, 2.05) is 0 Å². The number of ether oxygens (including phenoxy) is 2. The molecule has 5 nitrogen and oxygen atoms in total. The minimum Gasteiger partial charge on any atom is -0.487 e. The van der Waals surface area contributed by atoms with Gasteiger partial charge < -0.3 is 9.47 Å². The topological polar surface area (TPSA) is 65.5 Å². The van der Waals surface area contributed by atoms with Crippen LogP contribution in [0, 0.1) is 0 Å². The van der Waals surface area contributed by atoms with Crippen molar-refractivity contribution in [2.45, 2.75) is 17.4 Å². The van der Waals surface area contributed by atoms with Gasteiger partial charge in [0.2, 0.25) is 0 Å². The number of hydrogen-bond donors (Lipinski definition) is 0. The standard InChI is InChI=1S/C13H12ClNO4S/c14-20(16,17)12-4-3-11(19-9-5-7-18-8-9)10-2-1-6-15-13(10)12/h1-4,6,9H,5,7-8H2. The second kappa shape index (κ2) is 5.20. The van der Waals surface area contributed by atoms with Gasteiger partial charge in [0.25, 0.3) is 9.05 Å². The van der Waals surface area contributed by atoms with E-state index in [0.717, 1.165) is 6.42 Å². The van der Waals surface area contributed by atoms with Crippen LogP contribution in [-0.2, 0) is 13.8 Å². The molecule has 1 aromatic carbocycles. The Bertz CT molecular complexity index is 741. The number of benzene rings is 1. The molecule has 3 rings (SSSR count). The molecule has 0 bridgehead atoms. The second-order valence-corrected chi connectivity index (χ2v) is 7.04. The predicted molar refractivity (Wildman–Crippen MR) is 74.6 cm³/mol. The molecule has 1 unspecified atom stereocenters. The lowest BCUT2D eigenvalue weighted by molar-refractivity contribution is 0.142. The van der Waals surface area contributed by atoms with Crippen LogP contribution in [0.5, 0.6) is 5.75 Å². The average Bonchev–Trinajstić information content (AvgIpc) is 2.90. The van der Waals surface area contributed by atoms with Crippen LogP contribution >= 0.6 is 10.7 Å². The minimum atomic E-state index is -3.84. The van der Waals surface area contributed by atoms with Crippen molar-refractivity contribution in [1.82, 2.24) is 4.98 Å². The third-order valence-electron chi connectivity index (χ3n) is 3.14. The quantitative estimate of drug-likeness (QED) is 0.814. The van der Waals surface area contributed by atoms with Crippen LogP contribution in [0.1, 0.15) is 6.42 Å². The number of pyridine rings is 1. The Kier molecular flexibility index (Phi) is 3.54. The SMILES string of the molecule is O=S(=O)(Cl)c1ccc(OC2CCOC2)c2cccnc12. The molecule has 1 aliphatic heterocycles. The largest absolute Gasteiger partial charge is 0.487 e. The molecule has 1 atom stereocenters. The lowest BCUT2D eigenvalue weighted by atomic mass is 10.2. The van der Waals surface area contributed by atoms with Crippen molar-refractivity contribution < 1.29 is 17.9 Å². The fraction of sp³-hybridized carbons (Fsp3) is 0.308. The van der Waals surface area contributed by atoms with Gasteiger partial charge in [-0.15, -0.1) is 0 Å². The van der Waals surface area contributed by atoms with Gasteiger partial charge in [-0.3, -0.25) is 4.98 Å². The fourth-order valence-electron chi connectivity index (χ4n) is 2.21. The van der Waals surface area contributed by atoms with Gasteiger partial charge >= 0.3 is 0 Å². The van der Waals surface area contributed by atoms with Crippen LogP contribution in [-0.4, -0.2) is 32.7 Å². The van der Waals surface area contributed by atoms with Crippen LogP contribution in [0.4, 0.5) is 0 Å². The molecule has 0 aliphatic carbocycles. The number of halogens is 1. The van der Waals surface area contributed by atoms with Crippen LogP contribution in [0.15, 0.2) is 35.4 Å². The summed E-state index contributed by atoms with van der Waals surface area (Å²) in [4.78, 5) is 4.10. The van der Waals surface area contributed by atoms with E-state index in [0.29, 0.717) is 29.9 Å². The van der Waals surface area contributed by atoms with E-state index >= 15 is 0 Å². The monoisotopic (exact) mass is 313 g/mol. The first-order valence-electron chi connectivity index (χ1n) is 6.12. The summed E-state index contributed by atoms with van der Waals surface area (Å²) in [5.41, 5.74) is 0.318. The van der Waals surface area contributed by atoms with Gasteiger partial charge in [0.15, 0.2) is 0 Å². The van der Waals surface area contributed by atoms with Gasteiger partial charge in [-0.1, -0.05) is 0 Å². The van der Waals surface area contributed by atoms with Crippen molar-refractivity contribution in [1.29, 1.82) is 0 Å². The van der Waals surface area contributed by atoms with Crippen molar-refractivity contribution >= 4 is 30.6 Å². The molecule has 0 spiro atoms. The summed E-state index contributed by atoms with van der Waals surface area (Å²) in [5, 5.41) is 0.626. The maximum absolute atomic E-state index is 11.6. The van der Waals surface area contributed by atoms with Crippen molar-refractivity contribution in [3.05, 3.63) is 30.5 Å². The molecule has 2 aromatic rings. The van der Waals surface area contributed by atoms with Crippen molar-refractivity contribution in [2.75, 3.05) is 13.2 Å². The van der Waals surface area contributed by atoms with E-state index in [9.17, 15) is 8.42 Å². The third kappa shape index (κ3) is 2.59. The number of fused-ring (bicyclic) bond motifs is 1. The van der Waals surface area contributed by atoms with E-state index in [-0.39, 0.29) is 11.0 Å². The van der Waals surface area contributed by atoms with E-state index < -0.39 is 9.05 Å². The van der Waals surface area contributed by atoms with Crippen molar-refractivity contribution in [3.8, 4) is 5.75 Å². The van der Waals surface area contributed by atoms with Crippen molar-refractivity contribution in [3.63, 3.8) is 0 Å². The summed E-state index contributed by atoms with van der Waals surface area (Å²) < 4.78 is 34.2.